The van der Waals surface area contributed by atoms with Gasteiger partial charge in [-0.2, -0.15) is 25.2 Å². The van der Waals surface area contributed by atoms with Crippen molar-refractivity contribution in [1.29, 1.82) is 5.26 Å². The van der Waals surface area contributed by atoms with Crippen LogP contribution in [0.4, 0.5) is 104 Å². The number of likely N-dealkylation sites (tertiary alicyclic amines) is 2. The zero-order chi connectivity index (χ0) is 104. The average molecular weight is 2120 g/mol. The van der Waals surface area contributed by atoms with Crippen molar-refractivity contribution in [2.45, 2.75) is 128 Å². The summed E-state index contributed by atoms with van der Waals surface area (Å²) in [5.41, 5.74) is 9.71. The van der Waals surface area contributed by atoms with Crippen molar-refractivity contribution in [3.05, 3.63) is 221 Å². The van der Waals surface area contributed by atoms with E-state index in [1.54, 1.807) is 142 Å². The monoisotopic (exact) mass is 2120 g/mol. The molecule has 31 nitrogen and oxygen atoms in total. The first-order chi connectivity index (χ1) is 69.0. The van der Waals surface area contributed by atoms with Gasteiger partial charge in [0.25, 0.3) is 0 Å². The van der Waals surface area contributed by atoms with E-state index < -0.39 is 43.7 Å². The Morgan fingerprint density at radius 2 is 0.807 bits per heavy atom. The van der Waals surface area contributed by atoms with Crippen LogP contribution in [0.5, 0.6) is 23.0 Å². The predicted octanol–water partition coefficient (Wildman–Crippen LogP) is 23.8. The average Bonchev–Trinajstić information content (AvgIpc) is 0.804. The molecule has 0 amide bonds. The molecule has 4 saturated heterocycles. The number of aryl methyl sites for hydroxylation is 1. The SMILES string of the molecule is CCN1CCC(c2ccc(Nc3ncc(Cl)c(Nc4ccccc4P(C)(C)=O)n3)c(OC(C)C)c2)CC1.COc1cc(N2CCC(C#N)CC2)ccc1Nc1ncc(Cl)c(Nc2ccccc2P(C)(C)=O)n1.COc1cc(N2CCC(N3CCC(C)CC3)CC2)ccc1Nc1ncc(Cl)c(Nc2ccccc2P(C)(C)=O)n1.COc1cc(P(C)(C)=O)ccc1Nc1ncc(C)c(Nc2ccccc2S(=O)(=O)C(C)C)n1. The lowest BCUT2D eigenvalue weighted by molar-refractivity contribution is 0.120. The third kappa shape index (κ3) is 29.9. The lowest BCUT2D eigenvalue weighted by atomic mass is 9.89. The zero-order valence-corrected chi connectivity index (χ0v) is 92.3. The third-order valence-electron chi connectivity index (χ3n) is 25.7. The third-order valence-corrected chi connectivity index (χ3v) is 34.9. The second-order valence-electron chi connectivity index (χ2n) is 38.6. The van der Waals surface area contributed by atoms with Gasteiger partial charge in [0.05, 0.1) is 108 Å². The van der Waals surface area contributed by atoms with Crippen LogP contribution in [0, 0.1) is 30.1 Å². The van der Waals surface area contributed by atoms with Crippen molar-refractivity contribution >= 4 is 198 Å². The second-order valence-corrected chi connectivity index (χ2v) is 55.0. The summed E-state index contributed by atoms with van der Waals surface area (Å²) in [4.78, 5) is 45.8. The highest BCUT2D eigenvalue weighted by Gasteiger charge is 2.32. The van der Waals surface area contributed by atoms with Crippen LogP contribution in [0.25, 0.3) is 0 Å². The van der Waals surface area contributed by atoms with E-state index in [4.69, 9.17) is 59.0 Å². The number of anilines is 18. The van der Waals surface area contributed by atoms with Crippen LogP contribution in [0.1, 0.15) is 110 Å². The molecule has 4 fully saturated rings. The fraction of sp³-hybridized carbons (Fsp3) is 0.387. The number of halogens is 3. The van der Waals surface area contributed by atoms with E-state index >= 15 is 0 Å². The molecule has 0 atom stereocenters. The molecule has 0 saturated carbocycles. The predicted molar refractivity (Wildman–Crippen MR) is 600 cm³/mol. The Labute approximate surface area is 868 Å². The molecule has 0 bridgehead atoms. The molecular formula is C106H134Cl3N21O10P4S. The maximum absolute atomic E-state index is 12.8. The molecular weight excluding hydrogens is 1990 g/mol. The molecule has 0 radical (unpaired) electrons. The van der Waals surface area contributed by atoms with E-state index in [1.807, 2.05) is 124 Å². The number of hydrogen-bond acceptors (Lipinski definition) is 31. The number of sulfone groups is 1. The second kappa shape index (κ2) is 49.8. The van der Waals surface area contributed by atoms with Gasteiger partial charge < -0.3 is 99.3 Å². The van der Waals surface area contributed by atoms with Crippen LogP contribution in [-0.2, 0) is 28.1 Å². The molecule has 770 valence electrons. The maximum Gasteiger partial charge on any atom is 0.229 e. The van der Waals surface area contributed by atoms with Gasteiger partial charge in [-0.1, -0.05) is 103 Å². The molecule has 4 aliphatic rings. The number of hydrogen-bond donors (Lipinski definition) is 8. The van der Waals surface area contributed by atoms with E-state index in [-0.39, 0.29) is 16.9 Å². The zero-order valence-electron chi connectivity index (χ0n) is 85.7. The number of methoxy groups -OCH3 is 3. The molecule has 8 N–H and O–H groups in total. The molecule has 16 rings (SSSR count). The molecule has 8 aromatic carbocycles. The fourth-order valence-corrected chi connectivity index (χ4v) is 23.4. The summed E-state index contributed by atoms with van der Waals surface area (Å²) in [6.07, 6.45) is 15.4. The Morgan fingerprint density at radius 1 is 0.428 bits per heavy atom. The first-order valence-corrected chi connectivity index (χ1v) is 61.7. The Kier molecular flexibility index (Phi) is 38.0. The number of piperidine rings is 4. The van der Waals surface area contributed by atoms with Gasteiger partial charge in [-0.05, 0) is 293 Å². The Hall–Kier alpha value is -11.6. The van der Waals surface area contributed by atoms with E-state index in [9.17, 15) is 26.7 Å². The molecule has 0 unspecified atom stereocenters. The number of nitriles is 1. The van der Waals surface area contributed by atoms with Gasteiger partial charge >= 0.3 is 0 Å². The minimum atomic E-state index is -3.49. The number of ether oxygens (including phenoxy) is 4. The summed E-state index contributed by atoms with van der Waals surface area (Å²) in [6, 6.07) is 56.0. The first kappa shape index (κ1) is 111. The van der Waals surface area contributed by atoms with Crippen molar-refractivity contribution in [2.24, 2.45) is 11.8 Å². The van der Waals surface area contributed by atoms with Crippen molar-refractivity contribution in [1.82, 2.24) is 49.7 Å². The molecule has 4 aromatic heterocycles. The van der Waals surface area contributed by atoms with Crippen LogP contribution < -0.4 is 92.5 Å². The number of aromatic nitrogens is 8. The number of benzene rings is 8. The lowest BCUT2D eigenvalue weighted by Crippen LogP contribution is -2.47. The molecule has 8 heterocycles. The number of rotatable bonds is 32. The lowest BCUT2D eigenvalue weighted by Gasteiger charge is -2.42. The summed E-state index contributed by atoms with van der Waals surface area (Å²) in [7, 11) is -8.60. The van der Waals surface area contributed by atoms with E-state index in [2.05, 4.69) is 146 Å². The number of nitrogens with zero attached hydrogens (tertiary/aromatic N) is 13. The highest BCUT2D eigenvalue weighted by atomic mass is 35.5. The van der Waals surface area contributed by atoms with Gasteiger partial charge in [0.15, 0.2) is 27.3 Å². The fourth-order valence-electron chi connectivity index (χ4n) is 17.4. The normalized spacial score (nSPS) is 14.9. The van der Waals surface area contributed by atoms with Gasteiger partial charge in [0, 0.05) is 94.6 Å². The van der Waals surface area contributed by atoms with E-state index in [1.165, 1.54) is 57.6 Å². The highest BCUT2D eigenvalue weighted by molar-refractivity contribution is 7.92. The van der Waals surface area contributed by atoms with Gasteiger partial charge in [-0.15, -0.1) is 0 Å². The quantitative estimate of drug-likeness (QED) is 0.0182. The Bertz CT molecular complexity index is 6880. The standard InChI is InChI=1S/C30H40ClN6O2P.C28H37ClN5O2P.C25H28ClN6O2P.C23H29N4O4PS/c1-21-11-15-36(16-12-21)22-13-17-37(18-14-22)23-9-10-25(27(19-23)39-2)34-30-32-20-24(31)29(35-30)33-26-7-5-6-8-28(26)40(3,4)38;1-6-34-15-13-20(14-16-34)21-11-12-23(25(17-21)36-19(2)3)32-28-30-18-22(29)27(33-28)31-24-9-7-8-10-26(24)37(4,5)35;1-34-22-14-18(32-12-10-17(15-27)11-13-32)8-9-20(22)30-25-28-16-19(26)24(31-25)29-21-6-4-5-7-23(21)35(2,3)33;1-15(2)33(29,30)21-10-8-7-9-19(21)25-22-16(3)14-24-23(27-22)26-18-12-11-17(32(5,6)28)13-20(18)31-4/h5-10,19-22H,11-18H2,1-4H3,(H2,32,33,34,35);7-12,17-20H,6,13-16H2,1-5H3,(H2,30,31,32,33);4-9,14,16-17H,10-13H2,1-3H3,(H2,28,29,30,31);7-15H,1-6H3,(H2,24,25,26,27). The molecule has 0 spiro atoms. The maximum atomic E-state index is 12.8. The molecule has 0 aliphatic carbocycles. The smallest absolute Gasteiger partial charge is 0.229 e. The minimum absolute atomic E-state index is 0.0244. The summed E-state index contributed by atoms with van der Waals surface area (Å²) < 4.78 is 99.3. The Balaban J connectivity index is 0.000000162. The largest absolute Gasteiger partial charge is 0.495 e. The van der Waals surface area contributed by atoms with Gasteiger partial charge in [-0.25, -0.2) is 28.4 Å². The summed E-state index contributed by atoms with van der Waals surface area (Å²) in [5.74, 6) is 7.35. The first-order valence-electron chi connectivity index (χ1n) is 48.7. The molecule has 4 aliphatic heterocycles. The number of nitrogens with one attached hydrogen (secondary N) is 8. The van der Waals surface area contributed by atoms with Crippen molar-refractivity contribution in [2.75, 3.05) is 186 Å². The van der Waals surface area contributed by atoms with Gasteiger partial charge in [0.2, 0.25) is 23.8 Å². The molecule has 39 heteroatoms. The van der Waals surface area contributed by atoms with E-state index in [0.717, 1.165) is 133 Å². The van der Waals surface area contributed by atoms with Crippen molar-refractivity contribution in [3.63, 3.8) is 0 Å². The summed E-state index contributed by atoms with van der Waals surface area (Å²) >= 11 is 19.2. The minimum Gasteiger partial charge on any atom is -0.495 e. The summed E-state index contributed by atoms with van der Waals surface area (Å²) in [6.45, 7) is 37.2. The van der Waals surface area contributed by atoms with Crippen LogP contribution in [0.3, 0.4) is 0 Å². The van der Waals surface area contributed by atoms with Crippen LogP contribution in [-0.4, -0.2) is 209 Å². The van der Waals surface area contributed by atoms with Crippen LogP contribution in [0.2, 0.25) is 15.1 Å². The molecule has 145 heavy (non-hydrogen) atoms. The van der Waals surface area contributed by atoms with Crippen molar-refractivity contribution in [3.8, 4) is 29.1 Å². The van der Waals surface area contributed by atoms with E-state index in [0.29, 0.717) is 125 Å². The van der Waals surface area contributed by atoms with Gasteiger partial charge in [-0.3, -0.25) is 0 Å². The van der Waals surface area contributed by atoms with Crippen LogP contribution >= 0.6 is 63.4 Å². The summed E-state index contributed by atoms with van der Waals surface area (Å²) in [5, 5.41) is 38.4. The topological polar surface area (TPSA) is 375 Å². The van der Waals surface area contributed by atoms with Gasteiger partial charge in [0.1, 0.15) is 72.5 Å². The molecule has 12 aromatic rings. The van der Waals surface area contributed by atoms with Crippen molar-refractivity contribution < 1.29 is 45.6 Å². The highest BCUT2D eigenvalue weighted by Crippen LogP contribution is 2.46. The van der Waals surface area contributed by atoms with Crippen LogP contribution in [0.15, 0.2) is 200 Å². The Morgan fingerprint density at radius 3 is 1.21 bits per heavy atom. The number of para-hydroxylation sites is 4.